The van der Waals surface area contributed by atoms with Gasteiger partial charge in [0.15, 0.2) is 0 Å². The van der Waals surface area contributed by atoms with E-state index in [1.54, 1.807) is 6.07 Å². The SMILES string of the molecule is CCCCCCCOC(=O)CCCCC(=O)Oc1ccccc1-c1ccccc1. The molecule has 156 valence electrons. The molecule has 0 radical (unpaired) electrons. The summed E-state index contributed by atoms with van der Waals surface area (Å²) in [6, 6.07) is 17.4. The molecule has 0 saturated heterocycles. The van der Waals surface area contributed by atoms with Gasteiger partial charge in [-0.1, -0.05) is 81.1 Å². The van der Waals surface area contributed by atoms with Crippen LogP contribution in [0.25, 0.3) is 11.1 Å². The Morgan fingerprint density at radius 1 is 0.724 bits per heavy atom. The van der Waals surface area contributed by atoms with Gasteiger partial charge in [-0.2, -0.15) is 0 Å². The number of unbranched alkanes of at least 4 members (excludes halogenated alkanes) is 5. The highest BCUT2D eigenvalue weighted by molar-refractivity contribution is 5.78. The summed E-state index contributed by atoms with van der Waals surface area (Å²) in [4.78, 5) is 23.9. The van der Waals surface area contributed by atoms with Crippen LogP contribution in [-0.2, 0) is 14.3 Å². The molecule has 0 aliphatic heterocycles. The molecular formula is C25H32O4. The minimum atomic E-state index is -0.280. The second-order valence-corrected chi connectivity index (χ2v) is 7.18. The number of hydrogen-bond acceptors (Lipinski definition) is 4. The molecule has 2 aromatic rings. The summed E-state index contributed by atoms with van der Waals surface area (Å²) in [5.74, 6) is 0.104. The van der Waals surface area contributed by atoms with Gasteiger partial charge in [0.2, 0.25) is 0 Å². The maximum absolute atomic E-state index is 12.2. The first kappa shape index (κ1) is 22.7. The Labute approximate surface area is 174 Å². The first-order chi connectivity index (χ1) is 14.2. The van der Waals surface area contributed by atoms with Crippen molar-refractivity contribution in [3.8, 4) is 16.9 Å². The van der Waals surface area contributed by atoms with E-state index in [0.29, 0.717) is 31.6 Å². The van der Waals surface area contributed by atoms with Gasteiger partial charge in [-0.3, -0.25) is 9.59 Å². The molecule has 0 spiro atoms. The van der Waals surface area contributed by atoms with E-state index in [9.17, 15) is 9.59 Å². The molecule has 29 heavy (non-hydrogen) atoms. The molecule has 0 atom stereocenters. The molecule has 0 saturated carbocycles. The summed E-state index contributed by atoms with van der Waals surface area (Å²) in [6.07, 6.45) is 7.55. The van der Waals surface area contributed by atoms with Crippen molar-refractivity contribution in [2.75, 3.05) is 6.61 Å². The smallest absolute Gasteiger partial charge is 0.311 e. The van der Waals surface area contributed by atoms with Crippen LogP contribution in [0, 0.1) is 0 Å². The maximum atomic E-state index is 12.2. The van der Waals surface area contributed by atoms with Crippen molar-refractivity contribution in [2.45, 2.75) is 64.7 Å². The predicted octanol–water partition coefficient (Wildman–Crippen LogP) is 6.33. The fraction of sp³-hybridized carbons (Fsp3) is 0.440. The van der Waals surface area contributed by atoms with Crippen LogP contribution in [0.4, 0.5) is 0 Å². The molecule has 2 rings (SSSR count). The molecule has 0 N–H and O–H groups in total. The van der Waals surface area contributed by atoms with Crippen molar-refractivity contribution < 1.29 is 19.1 Å². The van der Waals surface area contributed by atoms with Crippen LogP contribution in [-0.4, -0.2) is 18.5 Å². The van der Waals surface area contributed by atoms with Crippen molar-refractivity contribution in [2.24, 2.45) is 0 Å². The van der Waals surface area contributed by atoms with E-state index >= 15 is 0 Å². The van der Waals surface area contributed by atoms with E-state index in [0.717, 1.165) is 24.0 Å². The van der Waals surface area contributed by atoms with Gasteiger partial charge in [0.25, 0.3) is 0 Å². The fourth-order valence-electron chi connectivity index (χ4n) is 3.09. The summed E-state index contributed by atoms with van der Waals surface area (Å²) < 4.78 is 10.8. The number of ether oxygens (including phenoxy) is 2. The van der Waals surface area contributed by atoms with Gasteiger partial charge >= 0.3 is 11.9 Å². The third-order valence-electron chi connectivity index (χ3n) is 4.72. The Bertz CT molecular complexity index is 739. The molecule has 0 fully saturated rings. The van der Waals surface area contributed by atoms with Gasteiger partial charge in [-0.25, -0.2) is 0 Å². The fourth-order valence-corrected chi connectivity index (χ4v) is 3.09. The molecule has 0 aliphatic carbocycles. The summed E-state index contributed by atoms with van der Waals surface area (Å²) in [6.45, 7) is 2.68. The molecule has 0 aromatic heterocycles. The first-order valence-corrected chi connectivity index (χ1v) is 10.7. The van der Waals surface area contributed by atoms with Gasteiger partial charge in [-0.05, 0) is 30.9 Å². The van der Waals surface area contributed by atoms with Crippen molar-refractivity contribution in [1.82, 2.24) is 0 Å². The highest BCUT2D eigenvalue weighted by Crippen LogP contribution is 2.29. The average molecular weight is 397 g/mol. The topological polar surface area (TPSA) is 52.6 Å². The molecule has 2 aromatic carbocycles. The van der Waals surface area contributed by atoms with Crippen LogP contribution < -0.4 is 4.74 Å². The molecule has 4 nitrogen and oxygen atoms in total. The zero-order valence-corrected chi connectivity index (χ0v) is 17.4. The Morgan fingerprint density at radius 2 is 1.38 bits per heavy atom. The van der Waals surface area contributed by atoms with E-state index in [-0.39, 0.29) is 18.4 Å². The number of para-hydroxylation sites is 1. The zero-order valence-electron chi connectivity index (χ0n) is 17.4. The molecule has 0 aliphatic rings. The van der Waals surface area contributed by atoms with Crippen molar-refractivity contribution in [3.05, 3.63) is 54.6 Å². The molecule has 0 bridgehead atoms. The van der Waals surface area contributed by atoms with Crippen LogP contribution in [0.1, 0.15) is 64.7 Å². The normalized spacial score (nSPS) is 10.5. The number of hydrogen-bond donors (Lipinski definition) is 0. The number of esters is 2. The second kappa shape index (κ2) is 13.5. The van der Waals surface area contributed by atoms with Gasteiger partial charge in [0.1, 0.15) is 5.75 Å². The minimum Gasteiger partial charge on any atom is -0.466 e. The van der Waals surface area contributed by atoms with Crippen LogP contribution in [0.3, 0.4) is 0 Å². The van der Waals surface area contributed by atoms with Gasteiger partial charge in [0.05, 0.1) is 6.61 Å². The lowest BCUT2D eigenvalue weighted by molar-refractivity contribution is -0.144. The van der Waals surface area contributed by atoms with E-state index in [2.05, 4.69) is 6.92 Å². The third kappa shape index (κ3) is 8.95. The lowest BCUT2D eigenvalue weighted by Gasteiger charge is -2.10. The second-order valence-electron chi connectivity index (χ2n) is 7.18. The average Bonchev–Trinajstić information content (AvgIpc) is 2.75. The van der Waals surface area contributed by atoms with Gasteiger partial charge in [-0.15, -0.1) is 0 Å². The Morgan fingerprint density at radius 3 is 2.14 bits per heavy atom. The minimum absolute atomic E-state index is 0.178. The Balaban J connectivity index is 1.65. The molecule has 0 unspecified atom stereocenters. The zero-order chi connectivity index (χ0) is 20.7. The first-order valence-electron chi connectivity index (χ1n) is 10.7. The van der Waals surface area contributed by atoms with Gasteiger partial charge in [0, 0.05) is 18.4 Å². The van der Waals surface area contributed by atoms with Gasteiger partial charge < -0.3 is 9.47 Å². The van der Waals surface area contributed by atoms with E-state index < -0.39 is 0 Å². The molecular weight excluding hydrogens is 364 g/mol. The van der Waals surface area contributed by atoms with Crippen molar-refractivity contribution in [3.63, 3.8) is 0 Å². The summed E-state index contributed by atoms with van der Waals surface area (Å²) in [7, 11) is 0. The van der Waals surface area contributed by atoms with E-state index in [1.165, 1.54) is 19.3 Å². The number of carbonyl (C=O) groups is 2. The van der Waals surface area contributed by atoms with Crippen molar-refractivity contribution in [1.29, 1.82) is 0 Å². The Kier molecular flexibility index (Phi) is 10.6. The highest BCUT2D eigenvalue weighted by Gasteiger charge is 2.11. The number of rotatable bonds is 13. The number of benzene rings is 2. The largest absolute Gasteiger partial charge is 0.466 e. The summed E-state index contributed by atoms with van der Waals surface area (Å²) in [5, 5.41) is 0. The quantitative estimate of drug-likeness (QED) is 0.225. The monoisotopic (exact) mass is 396 g/mol. The van der Waals surface area contributed by atoms with Crippen LogP contribution in [0.15, 0.2) is 54.6 Å². The highest BCUT2D eigenvalue weighted by atomic mass is 16.5. The lowest BCUT2D eigenvalue weighted by atomic mass is 10.0. The maximum Gasteiger partial charge on any atom is 0.311 e. The third-order valence-corrected chi connectivity index (χ3v) is 4.72. The predicted molar refractivity (Wildman–Crippen MR) is 116 cm³/mol. The standard InChI is InChI=1S/C25H32O4/c1-2-3-4-5-13-20-28-24(26)18-11-12-19-25(27)29-23-17-10-9-16-22(23)21-14-7-6-8-15-21/h6-10,14-17H,2-5,11-13,18-20H2,1H3. The van der Waals surface area contributed by atoms with Crippen molar-refractivity contribution >= 4 is 11.9 Å². The van der Waals surface area contributed by atoms with Crippen LogP contribution in [0.2, 0.25) is 0 Å². The summed E-state index contributed by atoms with van der Waals surface area (Å²) >= 11 is 0. The van der Waals surface area contributed by atoms with Crippen LogP contribution in [0.5, 0.6) is 5.75 Å². The van der Waals surface area contributed by atoms with E-state index in [1.807, 2.05) is 48.5 Å². The molecule has 0 amide bonds. The number of carbonyl (C=O) groups excluding carboxylic acids is 2. The Hall–Kier alpha value is -2.62. The molecule has 0 heterocycles. The van der Waals surface area contributed by atoms with E-state index in [4.69, 9.17) is 9.47 Å². The summed E-state index contributed by atoms with van der Waals surface area (Å²) in [5.41, 5.74) is 1.90. The lowest BCUT2D eigenvalue weighted by Crippen LogP contribution is -2.09. The van der Waals surface area contributed by atoms with Crippen LogP contribution >= 0.6 is 0 Å². The molecule has 4 heteroatoms.